The molecule has 155 valence electrons. The van der Waals surface area contributed by atoms with Crippen LogP contribution in [0.15, 0.2) is 0 Å². The van der Waals surface area contributed by atoms with Crippen LogP contribution in [0.1, 0.15) is 51.4 Å². The topological polar surface area (TPSA) is 60.1 Å². The molecule has 3 fully saturated rings. The molecule has 3 rings (SSSR count). The van der Waals surface area contributed by atoms with Gasteiger partial charge in [0.15, 0.2) is 0 Å². The molecule has 0 radical (unpaired) electrons. The van der Waals surface area contributed by atoms with E-state index in [1.54, 1.807) is 0 Å². The Bertz CT molecular complexity index is 324. The molecule has 5 N–H and O–H groups in total. The van der Waals surface area contributed by atoms with Gasteiger partial charge in [-0.15, -0.1) is 0 Å². The fourth-order valence-electron chi connectivity index (χ4n) is 4.57. The van der Waals surface area contributed by atoms with Crippen molar-refractivity contribution in [2.75, 3.05) is 39.3 Å². The summed E-state index contributed by atoms with van der Waals surface area (Å²) in [5.74, 6) is 0. The second-order valence-electron chi connectivity index (χ2n) is 7.61. The van der Waals surface area contributed by atoms with Gasteiger partial charge in [0.1, 0.15) is 0 Å². The Morgan fingerprint density at radius 3 is 1.08 bits per heavy atom. The molecule has 4 atom stereocenters. The quantitative estimate of drug-likeness (QED) is 0.366. The van der Waals surface area contributed by atoms with E-state index in [1.807, 2.05) is 0 Å². The third kappa shape index (κ3) is 8.93. The zero-order valence-electron chi connectivity index (χ0n) is 15.8. The van der Waals surface area contributed by atoms with E-state index in [1.165, 1.54) is 51.4 Å². The van der Waals surface area contributed by atoms with Crippen LogP contribution in [0.5, 0.6) is 0 Å². The Morgan fingerprint density at radius 2 is 0.769 bits per heavy atom. The van der Waals surface area contributed by atoms with E-state index in [0.717, 1.165) is 39.3 Å². The molecule has 26 heavy (non-hydrogen) atoms. The molecular weight excluding hydrogens is 413 g/mol. The predicted molar refractivity (Wildman–Crippen MR) is 109 cm³/mol. The molecule has 1 saturated heterocycles. The molecule has 0 amide bonds. The summed E-state index contributed by atoms with van der Waals surface area (Å²) in [5.41, 5.74) is 0. The molecule has 0 spiro atoms. The maximum absolute atomic E-state index is 4.76. The molecule has 2 aliphatic carbocycles. The van der Waals surface area contributed by atoms with E-state index in [9.17, 15) is 0 Å². The van der Waals surface area contributed by atoms with Crippen molar-refractivity contribution in [1.29, 1.82) is 0 Å². The molecule has 4 unspecified atom stereocenters. The van der Waals surface area contributed by atoms with E-state index >= 15 is 0 Å². The molecule has 1 aliphatic heterocycles. The van der Waals surface area contributed by atoms with E-state index in [2.05, 4.69) is 26.6 Å². The standard InChI is InChI=1S/C18H37N5.2ClH.Fe/c1-3-7-17-15(5-1)20-11-9-19-10-12-21-16-6-2-4-8-18(16)23-14-13-22-17;;;/h15-23H,1-14H2;2*1H;/q;;;+3/p-2. The van der Waals surface area contributed by atoms with Gasteiger partial charge in [-0.25, -0.2) is 0 Å². The number of rotatable bonds is 0. The number of nitrogens with one attached hydrogen (secondary N) is 5. The summed E-state index contributed by atoms with van der Waals surface area (Å²) >= 11 is 0.194. The molecule has 0 aromatic carbocycles. The molecule has 3 aliphatic rings. The first-order valence-corrected chi connectivity index (χ1v) is 13.4. The van der Waals surface area contributed by atoms with Gasteiger partial charge in [-0.1, -0.05) is 25.7 Å². The van der Waals surface area contributed by atoms with Crippen molar-refractivity contribution in [3.05, 3.63) is 0 Å². The summed E-state index contributed by atoms with van der Waals surface area (Å²) in [7, 11) is 9.53. The first-order valence-electron chi connectivity index (χ1n) is 10.3. The molecule has 2 saturated carbocycles. The monoisotopic (exact) mass is 449 g/mol. The van der Waals surface area contributed by atoms with Crippen LogP contribution in [0, 0.1) is 0 Å². The molecule has 5 nitrogen and oxygen atoms in total. The maximum atomic E-state index is 4.76. The Balaban J connectivity index is 0.000000758. The van der Waals surface area contributed by atoms with Gasteiger partial charge in [0, 0.05) is 63.4 Å². The molecule has 8 heteroatoms. The van der Waals surface area contributed by atoms with Gasteiger partial charge >= 0.3 is 33.3 Å². The second kappa shape index (κ2) is 14.8. The van der Waals surface area contributed by atoms with Gasteiger partial charge in [0.25, 0.3) is 0 Å². The number of hydrogen-bond donors (Lipinski definition) is 5. The molecular formula is C18H37Cl2FeN5+. The summed E-state index contributed by atoms with van der Waals surface area (Å²) in [4.78, 5) is 0. The first kappa shape index (κ1) is 23.2. The van der Waals surface area contributed by atoms with Crippen molar-refractivity contribution >= 4 is 20.2 Å². The minimum absolute atomic E-state index is 0.194. The van der Waals surface area contributed by atoms with Crippen LogP contribution >= 0.6 is 20.2 Å². The normalized spacial score (nSPS) is 34.8. The fraction of sp³-hybridized carbons (Fsp3) is 1.00. The van der Waals surface area contributed by atoms with Crippen LogP contribution in [0.2, 0.25) is 0 Å². The molecule has 0 aromatic heterocycles. The van der Waals surface area contributed by atoms with Gasteiger partial charge in [-0.2, -0.15) is 0 Å². The Morgan fingerprint density at radius 1 is 0.500 bits per heavy atom. The van der Waals surface area contributed by atoms with Gasteiger partial charge < -0.3 is 26.6 Å². The number of halogens is 2. The van der Waals surface area contributed by atoms with Crippen LogP contribution in [-0.4, -0.2) is 63.4 Å². The van der Waals surface area contributed by atoms with Crippen molar-refractivity contribution in [3.63, 3.8) is 0 Å². The van der Waals surface area contributed by atoms with Crippen molar-refractivity contribution in [2.45, 2.75) is 75.5 Å². The summed E-state index contributed by atoms with van der Waals surface area (Å²) < 4.78 is 0. The zero-order valence-corrected chi connectivity index (χ0v) is 18.4. The Hall–Kier alpha value is 0.899. The number of fused-ring (bicyclic) bond motifs is 2. The van der Waals surface area contributed by atoms with E-state index < -0.39 is 0 Å². The zero-order chi connectivity index (χ0) is 18.5. The average molecular weight is 450 g/mol. The van der Waals surface area contributed by atoms with E-state index in [4.69, 9.17) is 20.2 Å². The average Bonchev–Trinajstić information content (AvgIpc) is 2.67. The van der Waals surface area contributed by atoms with Crippen molar-refractivity contribution < 1.29 is 13.1 Å². The molecule has 0 bridgehead atoms. The third-order valence-corrected chi connectivity index (χ3v) is 5.89. The van der Waals surface area contributed by atoms with Crippen LogP contribution in [-0.2, 0) is 13.1 Å². The molecule has 1 heterocycles. The van der Waals surface area contributed by atoms with Crippen LogP contribution in [0.4, 0.5) is 0 Å². The fourth-order valence-corrected chi connectivity index (χ4v) is 4.57. The second-order valence-corrected chi connectivity index (χ2v) is 9.44. The van der Waals surface area contributed by atoms with Crippen LogP contribution in [0.25, 0.3) is 0 Å². The summed E-state index contributed by atoms with van der Waals surface area (Å²) in [6.45, 7) is 6.55. The number of hydrogen-bond acceptors (Lipinski definition) is 5. The molecule has 0 aromatic rings. The van der Waals surface area contributed by atoms with Crippen LogP contribution < -0.4 is 26.6 Å². The van der Waals surface area contributed by atoms with Gasteiger partial charge in [0.2, 0.25) is 0 Å². The summed E-state index contributed by atoms with van der Waals surface area (Å²) in [5, 5.41) is 18.8. The van der Waals surface area contributed by atoms with Crippen LogP contribution in [0.3, 0.4) is 0 Å². The van der Waals surface area contributed by atoms with Gasteiger partial charge in [0.05, 0.1) is 0 Å². The van der Waals surface area contributed by atoms with Gasteiger partial charge in [-0.05, 0) is 25.7 Å². The van der Waals surface area contributed by atoms with Crippen molar-refractivity contribution in [3.8, 4) is 0 Å². The summed E-state index contributed by atoms with van der Waals surface area (Å²) in [6, 6.07) is 2.65. The Labute approximate surface area is 174 Å². The first-order chi connectivity index (χ1) is 12.8. The van der Waals surface area contributed by atoms with Crippen molar-refractivity contribution in [1.82, 2.24) is 26.6 Å². The Kier molecular flexibility index (Phi) is 13.2. The van der Waals surface area contributed by atoms with E-state index in [-0.39, 0.29) is 13.1 Å². The SMILES string of the molecule is C1CCC2NCCNC3CCCCC3NCCNCCNC2C1.[Cl][Fe+][Cl]. The predicted octanol–water partition coefficient (Wildman–Crippen LogP) is 1.95. The van der Waals surface area contributed by atoms with E-state index in [0.29, 0.717) is 24.2 Å². The van der Waals surface area contributed by atoms with Gasteiger partial charge in [-0.3, -0.25) is 0 Å². The third-order valence-electron chi connectivity index (χ3n) is 5.89. The van der Waals surface area contributed by atoms with Crippen molar-refractivity contribution in [2.24, 2.45) is 0 Å². The minimum atomic E-state index is 0.194. The summed E-state index contributed by atoms with van der Waals surface area (Å²) in [6.07, 6.45) is 10.9.